The number of aromatic carboxylic acids is 1. The Bertz CT molecular complexity index is 258. The van der Waals surface area contributed by atoms with Crippen LogP contribution in [0.25, 0.3) is 0 Å². The molecule has 0 aliphatic rings. The van der Waals surface area contributed by atoms with Crippen LogP contribution >= 0.6 is 0 Å². The second-order valence-corrected chi connectivity index (χ2v) is 1.58. The highest BCUT2D eigenvalue weighted by atomic mass is 16.4. The molecule has 0 aliphatic heterocycles. The van der Waals surface area contributed by atoms with E-state index in [-0.39, 0.29) is 11.6 Å². The zero-order valence-corrected chi connectivity index (χ0v) is 4.66. The lowest BCUT2D eigenvalue weighted by atomic mass is 10.2. The zero-order chi connectivity index (χ0) is 7.56. The van der Waals surface area contributed by atoms with E-state index in [9.17, 15) is 4.79 Å². The van der Waals surface area contributed by atoms with E-state index in [4.69, 9.17) is 6.48 Å². The highest BCUT2D eigenvalue weighted by Gasteiger charge is 1.96. The molecule has 0 aromatic heterocycles. The lowest BCUT2D eigenvalue weighted by Gasteiger charge is -1.88. The van der Waals surface area contributed by atoms with Crippen molar-refractivity contribution >= 4 is 5.97 Å². The summed E-state index contributed by atoms with van der Waals surface area (Å²) in [6.07, 6.45) is 0. The lowest BCUT2D eigenvalue weighted by Crippen LogP contribution is -1.93. The van der Waals surface area contributed by atoms with Crippen LogP contribution in [0.4, 0.5) is 0 Å². The maximum atomic E-state index is 10.3. The standard InChI is InChI=1S/C7H6O2/c8-7(9)6-4-2-1-3-5-6/h1-5H,(H,8,9)/i4T. The molecule has 1 aromatic carbocycles. The average molecular weight is 124 g/mol. The second kappa shape index (κ2) is 2.31. The molecule has 0 unspecified atom stereocenters. The third kappa shape index (κ3) is 1.29. The topological polar surface area (TPSA) is 37.3 Å². The summed E-state index contributed by atoms with van der Waals surface area (Å²) in [6.45, 7) is 0. The molecule has 0 heterocycles. The van der Waals surface area contributed by atoms with E-state index in [1.807, 2.05) is 0 Å². The molecular formula is C7H6O2. The van der Waals surface area contributed by atoms with E-state index in [0.717, 1.165) is 0 Å². The van der Waals surface area contributed by atoms with Crippen molar-refractivity contribution in [3.8, 4) is 0 Å². The lowest BCUT2D eigenvalue weighted by molar-refractivity contribution is 0.0697. The number of rotatable bonds is 1. The third-order valence-electron chi connectivity index (χ3n) is 0.939. The van der Waals surface area contributed by atoms with Gasteiger partial charge < -0.3 is 5.11 Å². The van der Waals surface area contributed by atoms with Crippen LogP contribution in [0.15, 0.2) is 30.3 Å². The quantitative estimate of drug-likeness (QED) is 0.614. The Morgan fingerprint density at radius 3 is 2.78 bits per heavy atom. The summed E-state index contributed by atoms with van der Waals surface area (Å²) in [6, 6.07) is 6.14. The van der Waals surface area contributed by atoms with Gasteiger partial charge in [-0.25, -0.2) is 4.79 Å². The number of carboxylic acids is 1. The van der Waals surface area contributed by atoms with Gasteiger partial charge in [0.15, 0.2) is 0 Å². The van der Waals surface area contributed by atoms with Gasteiger partial charge in [-0.3, -0.25) is 0 Å². The highest BCUT2D eigenvalue weighted by Crippen LogP contribution is 1.96. The van der Waals surface area contributed by atoms with Gasteiger partial charge in [-0.2, -0.15) is 0 Å². The van der Waals surface area contributed by atoms with Crippen LogP contribution in [-0.2, 0) is 0 Å². The minimum Gasteiger partial charge on any atom is -0.478 e. The van der Waals surface area contributed by atoms with Gasteiger partial charge in [-0.15, -0.1) is 0 Å². The monoisotopic (exact) mass is 124 g/mol. The van der Waals surface area contributed by atoms with Crippen molar-refractivity contribution in [1.82, 2.24) is 0 Å². The van der Waals surface area contributed by atoms with Gasteiger partial charge in [0, 0.05) is 0 Å². The van der Waals surface area contributed by atoms with Crippen LogP contribution in [0.2, 0.25) is 0 Å². The van der Waals surface area contributed by atoms with E-state index >= 15 is 0 Å². The largest absolute Gasteiger partial charge is 0.478 e. The molecule has 0 spiro atoms. The van der Waals surface area contributed by atoms with Crippen LogP contribution in [0.5, 0.6) is 0 Å². The molecule has 0 radical (unpaired) electrons. The molecule has 0 saturated heterocycles. The number of hydrogen-bond donors (Lipinski definition) is 1. The summed E-state index contributed by atoms with van der Waals surface area (Å²) in [5, 5.41) is 8.45. The minimum atomic E-state index is -1.05. The van der Waals surface area contributed by atoms with Crippen LogP contribution in [0.3, 0.4) is 0 Å². The molecule has 2 heteroatoms. The molecule has 0 atom stereocenters. The maximum Gasteiger partial charge on any atom is 0.335 e. The Hall–Kier alpha value is -1.31. The van der Waals surface area contributed by atoms with Gasteiger partial charge in [0.2, 0.25) is 0 Å². The normalized spacial score (nSPS) is 10.4. The van der Waals surface area contributed by atoms with Gasteiger partial charge >= 0.3 is 5.97 Å². The third-order valence-corrected chi connectivity index (χ3v) is 0.939. The van der Waals surface area contributed by atoms with Crippen molar-refractivity contribution in [2.45, 2.75) is 0 Å². The van der Waals surface area contributed by atoms with E-state index in [0.29, 0.717) is 0 Å². The number of hydrogen-bond acceptors (Lipinski definition) is 1. The predicted octanol–water partition coefficient (Wildman–Crippen LogP) is 1.38. The average Bonchev–Trinajstić information content (AvgIpc) is 1.88. The molecule has 0 saturated carbocycles. The fraction of sp³-hybridized carbons (Fsp3) is 0. The van der Waals surface area contributed by atoms with Crippen molar-refractivity contribution in [2.24, 2.45) is 0 Å². The Labute approximate surface area is 54.2 Å². The highest BCUT2D eigenvalue weighted by molar-refractivity contribution is 5.87. The minimum absolute atomic E-state index is 0.0440. The SMILES string of the molecule is [3H]c1ccccc1C(=O)O. The summed E-state index contributed by atoms with van der Waals surface area (Å²) in [4.78, 5) is 10.3. The van der Waals surface area contributed by atoms with Crippen molar-refractivity contribution in [2.75, 3.05) is 0 Å². The predicted molar refractivity (Wildman–Crippen MR) is 33.4 cm³/mol. The molecule has 1 rings (SSSR count). The summed E-state index contributed by atoms with van der Waals surface area (Å²) in [5.41, 5.74) is 0.0440. The van der Waals surface area contributed by atoms with Gasteiger partial charge in [-0.05, 0) is 12.1 Å². The van der Waals surface area contributed by atoms with Gasteiger partial charge in [0.05, 0.1) is 6.93 Å². The van der Waals surface area contributed by atoms with E-state index < -0.39 is 5.97 Å². The fourth-order valence-corrected chi connectivity index (χ4v) is 0.526. The van der Waals surface area contributed by atoms with Gasteiger partial charge in [0.1, 0.15) is 0 Å². The van der Waals surface area contributed by atoms with Crippen LogP contribution in [0.1, 0.15) is 11.7 Å². The van der Waals surface area contributed by atoms with Crippen LogP contribution in [-0.4, -0.2) is 11.1 Å². The first-order chi connectivity index (χ1) is 4.72. The molecule has 0 fully saturated rings. The first kappa shape index (κ1) is 4.56. The maximum absolute atomic E-state index is 10.3. The van der Waals surface area contributed by atoms with Crippen molar-refractivity contribution in [1.29, 1.82) is 0 Å². The molecule has 46 valence electrons. The van der Waals surface area contributed by atoms with Crippen LogP contribution in [0, 0.1) is 0 Å². The molecule has 9 heavy (non-hydrogen) atoms. The molecule has 2 nitrogen and oxygen atoms in total. The van der Waals surface area contributed by atoms with Crippen molar-refractivity contribution in [3.63, 3.8) is 0 Å². The first-order valence-electron chi connectivity index (χ1n) is 3.01. The summed E-state index contributed by atoms with van der Waals surface area (Å²) < 4.78 is 7.12. The second-order valence-electron chi connectivity index (χ2n) is 1.58. The van der Waals surface area contributed by atoms with E-state index in [2.05, 4.69) is 0 Å². The zero-order valence-electron chi connectivity index (χ0n) is 5.66. The Balaban J connectivity index is 3.15. The molecular weight excluding hydrogens is 116 g/mol. The smallest absolute Gasteiger partial charge is 0.335 e. The summed E-state index contributed by atoms with van der Waals surface area (Å²) in [7, 11) is 0. The number of carboxylic acid groups (broad SMARTS) is 1. The molecule has 0 aliphatic carbocycles. The van der Waals surface area contributed by atoms with Gasteiger partial charge in [0.25, 0.3) is 0 Å². The van der Waals surface area contributed by atoms with Crippen molar-refractivity contribution in [3.05, 3.63) is 35.9 Å². The molecule has 1 N–H and O–H groups in total. The molecule has 0 bridgehead atoms. The summed E-state index contributed by atoms with van der Waals surface area (Å²) in [5.74, 6) is -1.05. The molecule has 0 amide bonds. The Kier molecular flexibility index (Phi) is 1.17. The fourth-order valence-electron chi connectivity index (χ4n) is 0.526. The number of benzene rings is 1. The Morgan fingerprint density at radius 1 is 1.56 bits per heavy atom. The van der Waals surface area contributed by atoms with E-state index in [1.165, 1.54) is 12.1 Å². The number of carbonyl (C=O) groups is 1. The van der Waals surface area contributed by atoms with Gasteiger partial charge in [-0.1, -0.05) is 18.2 Å². The van der Waals surface area contributed by atoms with Crippen LogP contribution < -0.4 is 0 Å². The Morgan fingerprint density at radius 2 is 2.33 bits per heavy atom. The van der Waals surface area contributed by atoms with E-state index in [1.54, 1.807) is 12.1 Å². The van der Waals surface area contributed by atoms with Crippen molar-refractivity contribution < 1.29 is 11.3 Å². The molecule has 1 aromatic rings. The summed E-state index contributed by atoms with van der Waals surface area (Å²) >= 11 is 0. The first-order valence-corrected chi connectivity index (χ1v) is 2.51.